The Balaban J connectivity index is 2.56. The average Bonchev–Trinajstić information content (AvgIpc) is 2.32. The standard InChI is InChI=1S/C15H24N2O/c1-11-7-8-12(2)14(10-11)13(3)17-15(18)6-5-9-16-4/h7-8,10,13,16H,5-6,9H2,1-4H3,(H,17,18). The van der Waals surface area contributed by atoms with Gasteiger partial charge in [0.15, 0.2) is 0 Å². The van der Waals surface area contributed by atoms with Crippen LogP contribution in [0.15, 0.2) is 18.2 Å². The van der Waals surface area contributed by atoms with Crippen LogP contribution in [-0.4, -0.2) is 19.5 Å². The molecule has 3 heteroatoms. The van der Waals surface area contributed by atoms with Gasteiger partial charge in [0.05, 0.1) is 6.04 Å². The Labute approximate surface area is 110 Å². The van der Waals surface area contributed by atoms with E-state index in [0.717, 1.165) is 13.0 Å². The van der Waals surface area contributed by atoms with E-state index in [-0.39, 0.29) is 11.9 Å². The number of hydrogen-bond donors (Lipinski definition) is 2. The minimum atomic E-state index is 0.0759. The van der Waals surface area contributed by atoms with Crippen LogP contribution in [0.4, 0.5) is 0 Å². The van der Waals surface area contributed by atoms with Crippen LogP contribution in [0, 0.1) is 13.8 Å². The highest BCUT2D eigenvalue weighted by Gasteiger charge is 2.11. The summed E-state index contributed by atoms with van der Waals surface area (Å²) < 4.78 is 0. The summed E-state index contributed by atoms with van der Waals surface area (Å²) in [6.07, 6.45) is 1.46. The molecule has 0 aliphatic carbocycles. The van der Waals surface area contributed by atoms with Gasteiger partial charge in [-0.15, -0.1) is 0 Å². The molecule has 1 aromatic carbocycles. The maximum absolute atomic E-state index is 11.8. The molecule has 0 saturated carbocycles. The van der Waals surface area contributed by atoms with Crippen molar-refractivity contribution in [3.05, 3.63) is 34.9 Å². The first kappa shape index (κ1) is 14.7. The van der Waals surface area contributed by atoms with Crippen molar-refractivity contribution < 1.29 is 4.79 Å². The fraction of sp³-hybridized carbons (Fsp3) is 0.533. The molecular formula is C15H24N2O. The van der Waals surface area contributed by atoms with Crippen LogP contribution >= 0.6 is 0 Å². The summed E-state index contributed by atoms with van der Waals surface area (Å²) in [5.41, 5.74) is 3.66. The first-order valence-electron chi connectivity index (χ1n) is 6.55. The second kappa shape index (κ2) is 7.17. The molecule has 0 aliphatic heterocycles. The first-order valence-corrected chi connectivity index (χ1v) is 6.55. The molecule has 3 nitrogen and oxygen atoms in total. The predicted octanol–water partition coefficient (Wildman–Crippen LogP) is 2.48. The minimum absolute atomic E-state index is 0.0759. The van der Waals surface area contributed by atoms with Crippen molar-refractivity contribution in [2.45, 2.75) is 39.7 Å². The Morgan fingerprint density at radius 3 is 2.72 bits per heavy atom. The summed E-state index contributed by atoms with van der Waals surface area (Å²) in [6.45, 7) is 7.08. The zero-order valence-electron chi connectivity index (χ0n) is 11.8. The van der Waals surface area contributed by atoms with E-state index in [0.29, 0.717) is 6.42 Å². The van der Waals surface area contributed by atoms with Gasteiger partial charge in [-0.05, 0) is 51.9 Å². The third-order valence-electron chi connectivity index (χ3n) is 3.11. The largest absolute Gasteiger partial charge is 0.350 e. The van der Waals surface area contributed by atoms with Crippen LogP contribution in [0.3, 0.4) is 0 Å². The Morgan fingerprint density at radius 1 is 1.33 bits per heavy atom. The molecule has 0 bridgehead atoms. The number of aryl methyl sites for hydroxylation is 2. The minimum Gasteiger partial charge on any atom is -0.350 e. The molecule has 0 saturated heterocycles. The second-order valence-corrected chi connectivity index (χ2v) is 4.86. The number of carbonyl (C=O) groups is 1. The van der Waals surface area contributed by atoms with Crippen LogP contribution in [0.5, 0.6) is 0 Å². The molecule has 0 spiro atoms. The molecule has 0 heterocycles. The van der Waals surface area contributed by atoms with Gasteiger partial charge in [0.25, 0.3) is 0 Å². The van der Waals surface area contributed by atoms with E-state index in [1.54, 1.807) is 0 Å². The Hall–Kier alpha value is -1.35. The molecule has 0 aliphatic rings. The number of carbonyl (C=O) groups excluding carboxylic acids is 1. The molecule has 0 radical (unpaired) electrons. The summed E-state index contributed by atoms with van der Waals surface area (Å²) in [4.78, 5) is 11.8. The van der Waals surface area contributed by atoms with E-state index in [1.165, 1.54) is 16.7 Å². The van der Waals surface area contributed by atoms with Crippen molar-refractivity contribution in [1.29, 1.82) is 0 Å². The number of nitrogens with one attached hydrogen (secondary N) is 2. The average molecular weight is 248 g/mol. The maximum atomic E-state index is 11.8. The number of rotatable bonds is 6. The number of amides is 1. The zero-order chi connectivity index (χ0) is 13.5. The lowest BCUT2D eigenvalue weighted by molar-refractivity contribution is -0.121. The van der Waals surface area contributed by atoms with Gasteiger partial charge in [-0.3, -0.25) is 4.79 Å². The Bertz CT molecular complexity index is 401. The molecule has 1 atom stereocenters. The Kier molecular flexibility index (Phi) is 5.86. The maximum Gasteiger partial charge on any atom is 0.220 e. The molecule has 2 N–H and O–H groups in total. The van der Waals surface area contributed by atoms with Crippen molar-refractivity contribution in [2.24, 2.45) is 0 Å². The van der Waals surface area contributed by atoms with Gasteiger partial charge >= 0.3 is 0 Å². The van der Waals surface area contributed by atoms with E-state index >= 15 is 0 Å². The van der Waals surface area contributed by atoms with E-state index in [9.17, 15) is 4.79 Å². The Morgan fingerprint density at radius 2 is 2.06 bits per heavy atom. The fourth-order valence-corrected chi connectivity index (χ4v) is 2.04. The van der Waals surface area contributed by atoms with E-state index in [1.807, 2.05) is 14.0 Å². The summed E-state index contributed by atoms with van der Waals surface area (Å²) >= 11 is 0. The quantitative estimate of drug-likeness (QED) is 0.759. The van der Waals surface area contributed by atoms with Gasteiger partial charge in [0.1, 0.15) is 0 Å². The normalized spacial score (nSPS) is 12.2. The first-order chi connectivity index (χ1) is 8.54. The topological polar surface area (TPSA) is 41.1 Å². The third kappa shape index (κ3) is 4.49. The molecule has 1 unspecified atom stereocenters. The molecule has 1 amide bonds. The highest BCUT2D eigenvalue weighted by atomic mass is 16.1. The summed E-state index contributed by atoms with van der Waals surface area (Å²) in [5.74, 6) is 0.124. The van der Waals surface area contributed by atoms with Crippen LogP contribution in [-0.2, 0) is 4.79 Å². The van der Waals surface area contributed by atoms with E-state index < -0.39 is 0 Å². The highest BCUT2D eigenvalue weighted by molar-refractivity contribution is 5.76. The summed E-state index contributed by atoms with van der Waals surface area (Å²) in [7, 11) is 1.90. The lowest BCUT2D eigenvalue weighted by atomic mass is 10.00. The van der Waals surface area contributed by atoms with Gasteiger partial charge in [0.2, 0.25) is 5.91 Å². The lowest BCUT2D eigenvalue weighted by Crippen LogP contribution is -2.27. The van der Waals surface area contributed by atoms with Crippen LogP contribution in [0.2, 0.25) is 0 Å². The molecular weight excluding hydrogens is 224 g/mol. The van der Waals surface area contributed by atoms with E-state index in [2.05, 4.69) is 42.7 Å². The van der Waals surface area contributed by atoms with Gasteiger partial charge in [-0.2, -0.15) is 0 Å². The van der Waals surface area contributed by atoms with Crippen LogP contribution in [0.1, 0.15) is 42.5 Å². The van der Waals surface area contributed by atoms with Gasteiger partial charge in [0, 0.05) is 6.42 Å². The lowest BCUT2D eigenvalue weighted by Gasteiger charge is -2.17. The van der Waals surface area contributed by atoms with Gasteiger partial charge in [-0.25, -0.2) is 0 Å². The van der Waals surface area contributed by atoms with Crippen molar-refractivity contribution >= 4 is 5.91 Å². The number of benzene rings is 1. The number of hydrogen-bond acceptors (Lipinski definition) is 2. The van der Waals surface area contributed by atoms with Gasteiger partial charge < -0.3 is 10.6 Å². The summed E-state index contributed by atoms with van der Waals surface area (Å²) in [5, 5.41) is 6.10. The monoisotopic (exact) mass is 248 g/mol. The van der Waals surface area contributed by atoms with Gasteiger partial charge in [-0.1, -0.05) is 23.8 Å². The fourth-order valence-electron chi connectivity index (χ4n) is 2.04. The molecule has 100 valence electrons. The van der Waals surface area contributed by atoms with Crippen LogP contribution < -0.4 is 10.6 Å². The van der Waals surface area contributed by atoms with Crippen molar-refractivity contribution in [1.82, 2.24) is 10.6 Å². The molecule has 1 rings (SSSR count). The van der Waals surface area contributed by atoms with Crippen molar-refractivity contribution in [2.75, 3.05) is 13.6 Å². The van der Waals surface area contributed by atoms with E-state index in [4.69, 9.17) is 0 Å². The molecule has 1 aromatic rings. The summed E-state index contributed by atoms with van der Waals surface area (Å²) in [6, 6.07) is 6.43. The SMILES string of the molecule is CNCCCC(=O)NC(C)c1cc(C)ccc1C. The van der Waals surface area contributed by atoms with Crippen molar-refractivity contribution in [3.63, 3.8) is 0 Å². The molecule has 0 aromatic heterocycles. The zero-order valence-corrected chi connectivity index (χ0v) is 11.8. The molecule has 18 heavy (non-hydrogen) atoms. The van der Waals surface area contributed by atoms with Crippen LogP contribution in [0.25, 0.3) is 0 Å². The highest BCUT2D eigenvalue weighted by Crippen LogP contribution is 2.18. The van der Waals surface area contributed by atoms with Crippen molar-refractivity contribution in [3.8, 4) is 0 Å². The third-order valence-corrected chi connectivity index (χ3v) is 3.11. The smallest absolute Gasteiger partial charge is 0.220 e. The predicted molar refractivity (Wildman–Crippen MR) is 75.6 cm³/mol. The second-order valence-electron chi connectivity index (χ2n) is 4.86. The molecule has 0 fully saturated rings.